The zero-order chi connectivity index (χ0) is 13.3. The Hall–Kier alpha value is -0.560. The minimum absolute atomic E-state index is 0.137. The molecule has 0 aliphatic carbocycles. The Bertz CT molecular complexity index is 594. The van der Waals surface area contributed by atoms with E-state index in [4.69, 9.17) is 11.6 Å². The van der Waals surface area contributed by atoms with E-state index >= 15 is 0 Å². The first-order valence-corrected chi connectivity index (χ1v) is 7.20. The van der Waals surface area contributed by atoms with Crippen molar-refractivity contribution < 1.29 is 9.18 Å². The van der Waals surface area contributed by atoms with Crippen LogP contribution in [0, 0.1) is 5.82 Å². The van der Waals surface area contributed by atoms with Crippen LogP contribution >= 0.6 is 51.5 Å². The highest BCUT2D eigenvalue weighted by atomic mass is 79.9. The summed E-state index contributed by atoms with van der Waals surface area (Å²) in [6.07, 6.45) is 0. The molecule has 1 heterocycles. The molecule has 1 aromatic carbocycles. The van der Waals surface area contributed by atoms with Crippen molar-refractivity contribution >= 4 is 63.1 Å². The van der Waals surface area contributed by atoms with Gasteiger partial charge in [-0.2, -0.15) is 0 Å². The van der Waals surface area contributed by atoms with Crippen LogP contribution in [0.4, 0.5) is 10.1 Å². The Labute approximate surface area is 126 Å². The van der Waals surface area contributed by atoms with E-state index in [2.05, 4.69) is 33.9 Å². The number of halogens is 3. The fourth-order valence-electron chi connectivity index (χ4n) is 1.28. The van der Waals surface area contributed by atoms with Crippen LogP contribution in [0.1, 0.15) is 9.67 Å². The summed E-state index contributed by atoms with van der Waals surface area (Å²) in [5, 5.41) is 4.51. The van der Waals surface area contributed by atoms with Gasteiger partial charge in [0.15, 0.2) is 0 Å². The van der Waals surface area contributed by atoms with E-state index in [1.165, 1.54) is 17.4 Å². The molecule has 2 aromatic rings. The lowest BCUT2D eigenvalue weighted by Gasteiger charge is -2.08. The van der Waals surface area contributed by atoms with Gasteiger partial charge in [-0.25, -0.2) is 4.39 Å². The van der Waals surface area contributed by atoms with Gasteiger partial charge in [0.1, 0.15) is 5.82 Å². The first kappa shape index (κ1) is 13.9. The second-order valence-corrected chi connectivity index (χ2v) is 6.06. The van der Waals surface area contributed by atoms with Gasteiger partial charge in [-0.05, 0) is 34.1 Å². The van der Waals surface area contributed by atoms with Gasteiger partial charge in [-0.15, -0.1) is 24.0 Å². The molecule has 1 N–H and O–H groups in total. The minimum atomic E-state index is -0.473. The monoisotopic (exact) mass is 365 g/mol. The Morgan fingerprint density at radius 2 is 2.17 bits per heavy atom. The molecule has 7 heteroatoms. The van der Waals surface area contributed by atoms with Crippen molar-refractivity contribution in [3.05, 3.63) is 43.8 Å². The summed E-state index contributed by atoms with van der Waals surface area (Å²) < 4.78 is 13.4. The Kier molecular flexibility index (Phi) is 4.32. The van der Waals surface area contributed by atoms with Crippen LogP contribution in [0.15, 0.2) is 32.9 Å². The van der Waals surface area contributed by atoms with Gasteiger partial charge in [0.25, 0.3) is 5.91 Å². The molecule has 0 atom stereocenters. The molecule has 1 aromatic heterocycles. The molecule has 1 amide bonds. The maximum absolute atomic E-state index is 13.0. The van der Waals surface area contributed by atoms with Crippen LogP contribution in [-0.4, -0.2) is 5.91 Å². The third kappa shape index (κ3) is 3.06. The van der Waals surface area contributed by atoms with E-state index in [0.717, 1.165) is 11.0 Å². The van der Waals surface area contributed by atoms with Crippen molar-refractivity contribution in [1.29, 1.82) is 0 Å². The van der Waals surface area contributed by atoms with Crippen LogP contribution in [0.25, 0.3) is 0 Å². The van der Waals surface area contributed by atoms with Gasteiger partial charge in [-0.1, -0.05) is 11.6 Å². The van der Waals surface area contributed by atoms with E-state index in [0.29, 0.717) is 15.0 Å². The summed E-state index contributed by atoms with van der Waals surface area (Å²) in [6, 6.07) is 4.02. The fraction of sp³-hybridized carbons (Fsp3) is 0. The number of hydrogen-bond acceptors (Lipinski definition) is 3. The number of benzene rings is 1. The molecule has 0 radical (unpaired) electrons. The normalized spacial score (nSPS) is 10.4. The molecule has 0 fully saturated rings. The van der Waals surface area contributed by atoms with Crippen LogP contribution in [0.5, 0.6) is 0 Å². The van der Waals surface area contributed by atoms with Gasteiger partial charge in [0, 0.05) is 14.7 Å². The minimum Gasteiger partial charge on any atom is -0.319 e. The predicted molar refractivity (Wildman–Crippen MR) is 78.6 cm³/mol. The first-order valence-electron chi connectivity index (χ1n) is 4.71. The molecule has 0 saturated heterocycles. The summed E-state index contributed by atoms with van der Waals surface area (Å²) in [5.41, 5.74) is 0.345. The zero-order valence-electron chi connectivity index (χ0n) is 8.71. The third-order valence-corrected chi connectivity index (χ3v) is 4.34. The van der Waals surface area contributed by atoms with Gasteiger partial charge in [0.2, 0.25) is 0 Å². The number of thiophene rings is 1. The van der Waals surface area contributed by atoms with Gasteiger partial charge >= 0.3 is 0 Å². The van der Waals surface area contributed by atoms with E-state index in [-0.39, 0.29) is 10.9 Å². The maximum Gasteiger partial charge on any atom is 0.265 e. The first-order chi connectivity index (χ1) is 8.47. The predicted octanol–water partition coefficient (Wildman–Crippen LogP) is 4.84. The lowest BCUT2D eigenvalue weighted by Crippen LogP contribution is -2.11. The SMILES string of the molecule is O=C(Nc1c(Cl)cc(F)cc1Br)c1cc(S)cs1. The second-order valence-electron chi connectivity index (χ2n) is 3.37. The molecule has 0 spiro atoms. The van der Waals surface area contributed by atoms with Crippen molar-refractivity contribution in [2.75, 3.05) is 5.32 Å². The topological polar surface area (TPSA) is 29.1 Å². The Balaban J connectivity index is 2.27. The average Bonchev–Trinajstić information content (AvgIpc) is 2.70. The number of carbonyl (C=O) groups is 1. The molecule has 18 heavy (non-hydrogen) atoms. The molecule has 0 unspecified atom stereocenters. The molecule has 0 aliphatic heterocycles. The van der Waals surface area contributed by atoms with Crippen LogP contribution in [-0.2, 0) is 0 Å². The quantitative estimate of drug-likeness (QED) is 0.731. The smallest absolute Gasteiger partial charge is 0.265 e. The van der Waals surface area contributed by atoms with Crippen molar-refractivity contribution in [3.8, 4) is 0 Å². The molecule has 0 bridgehead atoms. The summed E-state index contributed by atoms with van der Waals surface area (Å²) >= 11 is 14.4. The van der Waals surface area contributed by atoms with Crippen molar-refractivity contribution in [2.24, 2.45) is 0 Å². The number of amides is 1. The maximum atomic E-state index is 13.0. The van der Waals surface area contributed by atoms with Crippen molar-refractivity contribution in [3.63, 3.8) is 0 Å². The van der Waals surface area contributed by atoms with Gasteiger partial charge < -0.3 is 5.32 Å². The van der Waals surface area contributed by atoms with E-state index in [9.17, 15) is 9.18 Å². The molecular formula is C11H6BrClFNOS2. The Morgan fingerprint density at radius 1 is 1.44 bits per heavy atom. The zero-order valence-corrected chi connectivity index (χ0v) is 12.8. The lowest BCUT2D eigenvalue weighted by molar-refractivity contribution is 0.103. The number of carbonyl (C=O) groups excluding carboxylic acids is 1. The number of hydrogen-bond donors (Lipinski definition) is 2. The lowest BCUT2D eigenvalue weighted by atomic mass is 10.3. The summed E-state index contributed by atoms with van der Waals surface area (Å²) in [6.45, 7) is 0. The van der Waals surface area contributed by atoms with Crippen LogP contribution < -0.4 is 5.32 Å². The van der Waals surface area contributed by atoms with E-state index < -0.39 is 5.82 Å². The molecule has 2 nitrogen and oxygen atoms in total. The van der Waals surface area contributed by atoms with Crippen LogP contribution in [0.3, 0.4) is 0 Å². The van der Waals surface area contributed by atoms with Crippen molar-refractivity contribution in [2.45, 2.75) is 4.90 Å². The molecule has 2 rings (SSSR count). The highest BCUT2D eigenvalue weighted by Gasteiger charge is 2.14. The second kappa shape index (κ2) is 5.61. The third-order valence-electron chi connectivity index (χ3n) is 2.05. The summed E-state index contributed by atoms with van der Waals surface area (Å²) in [5.74, 6) is -0.784. The number of rotatable bonds is 2. The molecule has 0 aliphatic rings. The summed E-state index contributed by atoms with van der Waals surface area (Å²) in [7, 11) is 0. The number of thiol groups is 1. The Morgan fingerprint density at radius 3 is 2.72 bits per heavy atom. The van der Waals surface area contributed by atoms with E-state index in [1.54, 1.807) is 11.4 Å². The molecule has 94 valence electrons. The van der Waals surface area contributed by atoms with Gasteiger partial charge in [-0.3, -0.25) is 4.79 Å². The fourth-order valence-corrected chi connectivity index (χ4v) is 3.22. The van der Waals surface area contributed by atoms with E-state index in [1.807, 2.05) is 0 Å². The molecular weight excluding hydrogens is 361 g/mol. The molecule has 0 saturated carbocycles. The largest absolute Gasteiger partial charge is 0.319 e. The summed E-state index contributed by atoms with van der Waals surface area (Å²) in [4.78, 5) is 13.1. The van der Waals surface area contributed by atoms with Gasteiger partial charge in [0.05, 0.1) is 15.6 Å². The van der Waals surface area contributed by atoms with Crippen molar-refractivity contribution in [1.82, 2.24) is 0 Å². The standard InChI is InChI=1S/C11H6BrClFNOS2/c12-7-1-5(14)2-8(13)10(7)15-11(16)9-3-6(17)4-18-9/h1-4,17H,(H,15,16). The highest BCUT2D eigenvalue weighted by Crippen LogP contribution is 2.32. The number of nitrogens with one attached hydrogen (secondary N) is 1. The highest BCUT2D eigenvalue weighted by molar-refractivity contribution is 9.10. The number of anilines is 1. The average molecular weight is 367 g/mol. The van der Waals surface area contributed by atoms with Crippen LogP contribution in [0.2, 0.25) is 5.02 Å².